The van der Waals surface area contributed by atoms with E-state index >= 15 is 0 Å². The third-order valence-electron chi connectivity index (χ3n) is 6.83. The Kier molecular flexibility index (Phi) is 6.92. The molecule has 11 heteroatoms. The summed E-state index contributed by atoms with van der Waals surface area (Å²) < 4.78 is 45.7. The molecular formula is C22H36B2N2O6S. The molecule has 2 heterocycles. The molecule has 182 valence electrons. The van der Waals surface area contributed by atoms with Gasteiger partial charge in [-0.25, -0.2) is 13.2 Å². The third-order valence-corrected chi connectivity index (χ3v) is 8.75. The summed E-state index contributed by atoms with van der Waals surface area (Å²) in [6.07, 6.45) is -0.428. The number of rotatable bonds is 4. The Morgan fingerprint density at radius 3 is 2.21 bits per heavy atom. The highest BCUT2D eigenvalue weighted by Gasteiger charge is 2.50. The van der Waals surface area contributed by atoms with Crippen LogP contribution in [0.4, 0.5) is 4.79 Å². The lowest BCUT2D eigenvalue weighted by atomic mass is 9.23. The molecule has 0 N–H and O–H groups in total. The van der Waals surface area contributed by atoms with Crippen LogP contribution in [0.25, 0.3) is 0 Å². The Labute approximate surface area is 199 Å². The Morgan fingerprint density at radius 1 is 1.12 bits per heavy atom. The highest BCUT2D eigenvalue weighted by atomic mass is 32.2. The molecule has 2 aliphatic rings. The van der Waals surface area contributed by atoms with Crippen molar-refractivity contribution in [3.63, 3.8) is 0 Å². The second-order valence-corrected chi connectivity index (χ2v) is 12.9. The SMILES string of the molecule is COc1ccc(B2BC(C)(C)C(C)(C)O2)cc1S(=O)(=O)N1CCN(C(=O)OC(C)(C)C)CC1. The number of carbonyl (C=O) groups is 1. The second-order valence-electron chi connectivity index (χ2n) is 11.0. The van der Waals surface area contributed by atoms with Gasteiger partial charge in [-0.05, 0) is 52.1 Å². The molecule has 2 fully saturated rings. The van der Waals surface area contributed by atoms with Gasteiger partial charge in [0.15, 0.2) is 0 Å². The fraction of sp³-hybridized carbons (Fsp3) is 0.682. The standard InChI is InChI=1S/C22H36B2N2O6S/c1-20(2,3)31-19(27)25-11-13-26(14-12-25)33(28,29)18-15-16(9-10-17(18)30-8)24-23-21(4,5)22(6,7)32-24/h9-10,15,23H,11-14H2,1-8H3. The van der Waals surface area contributed by atoms with Gasteiger partial charge in [0.25, 0.3) is 6.81 Å². The summed E-state index contributed by atoms with van der Waals surface area (Å²) in [7, 11) is -1.57. The van der Waals surface area contributed by atoms with E-state index in [-0.39, 0.29) is 48.8 Å². The van der Waals surface area contributed by atoms with Gasteiger partial charge in [0, 0.05) is 31.8 Å². The maximum atomic E-state index is 13.6. The Bertz CT molecular complexity index is 983. The van der Waals surface area contributed by atoms with Crippen molar-refractivity contribution in [3.8, 4) is 5.75 Å². The van der Waals surface area contributed by atoms with E-state index in [4.69, 9.17) is 14.1 Å². The van der Waals surface area contributed by atoms with Gasteiger partial charge in [-0.1, -0.05) is 25.4 Å². The fourth-order valence-electron chi connectivity index (χ4n) is 4.12. The van der Waals surface area contributed by atoms with Crippen LogP contribution in [0.15, 0.2) is 23.1 Å². The van der Waals surface area contributed by atoms with Gasteiger partial charge in [-0.3, -0.25) is 0 Å². The second kappa shape index (κ2) is 8.82. The summed E-state index contributed by atoms with van der Waals surface area (Å²) in [5.74, 6) is 0.296. The van der Waals surface area contributed by atoms with Crippen LogP contribution >= 0.6 is 0 Å². The van der Waals surface area contributed by atoms with Crippen molar-refractivity contribution >= 4 is 35.6 Å². The zero-order valence-corrected chi connectivity index (χ0v) is 21.9. The molecule has 0 atom stereocenters. The zero-order valence-electron chi connectivity index (χ0n) is 21.1. The molecule has 2 saturated heterocycles. The lowest BCUT2D eigenvalue weighted by molar-refractivity contribution is 0.0192. The Hall–Kier alpha value is -1.71. The molecule has 1 aromatic carbocycles. The van der Waals surface area contributed by atoms with Crippen LogP contribution in [-0.2, 0) is 19.4 Å². The van der Waals surface area contributed by atoms with Gasteiger partial charge in [0.2, 0.25) is 10.0 Å². The monoisotopic (exact) mass is 478 g/mol. The van der Waals surface area contributed by atoms with E-state index in [2.05, 4.69) is 27.7 Å². The van der Waals surface area contributed by atoms with E-state index < -0.39 is 21.7 Å². The van der Waals surface area contributed by atoms with Gasteiger partial charge in [0.05, 0.1) is 7.11 Å². The molecule has 0 spiro atoms. The van der Waals surface area contributed by atoms with Crippen LogP contribution in [0.1, 0.15) is 48.5 Å². The molecule has 33 heavy (non-hydrogen) atoms. The maximum Gasteiger partial charge on any atom is 0.410 e. The van der Waals surface area contributed by atoms with Crippen molar-refractivity contribution in [2.24, 2.45) is 0 Å². The normalized spacial score (nSPS) is 21.0. The molecule has 2 aliphatic heterocycles. The average molecular weight is 478 g/mol. The zero-order chi connectivity index (χ0) is 24.8. The molecule has 0 saturated carbocycles. The first-order valence-corrected chi connectivity index (χ1v) is 12.9. The van der Waals surface area contributed by atoms with Crippen LogP contribution in [0.3, 0.4) is 0 Å². The molecular weight excluding hydrogens is 442 g/mol. The van der Waals surface area contributed by atoms with Gasteiger partial charge >= 0.3 is 6.09 Å². The van der Waals surface area contributed by atoms with Crippen molar-refractivity contribution in [1.82, 2.24) is 9.21 Å². The number of nitrogens with zero attached hydrogens (tertiary/aromatic N) is 2. The summed E-state index contributed by atoms with van der Waals surface area (Å²) in [5, 5.41) is -0.0470. The van der Waals surface area contributed by atoms with Crippen LogP contribution < -0.4 is 10.2 Å². The molecule has 1 amide bonds. The Morgan fingerprint density at radius 2 is 1.73 bits per heavy atom. The number of methoxy groups -OCH3 is 1. The quantitative estimate of drug-likeness (QED) is 0.617. The van der Waals surface area contributed by atoms with E-state index in [1.54, 1.807) is 37.8 Å². The van der Waals surface area contributed by atoms with Crippen LogP contribution in [0.5, 0.6) is 5.75 Å². The van der Waals surface area contributed by atoms with Crippen molar-refractivity contribution in [2.45, 2.75) is 69.9 Å². The molecule has 3 rings (SSSR count). The number of ether oxygens (including phenoxy) is 2. The first-order valence-electron chi connectivity index (χ1n) is 11.4. The van der Waals surface area contributed by atoms with Gasteiger partial charge < -0.3 is 19.0 Å². The summed E-state index contributed by atoms with van der Waals surface area (Å²) in [6.45, 7) is 14.6. The molecule has 0 aliphatic carbocycles. The number of amides is 1. The van der Waals surface area contributed by atoms with Gasteiger partial charge in [-0.15, -0.1) is 0 Å². The fourth-order valence-corrected chi connectivity index (χ4v) is 5.74. The number of hydrogen-bond donors (Lipinski definition) is 0. The van der Waals surface area contributed by atoms with Gasteiger partial charge in [0.1, 0.15) is 23.4 Å². The van der Waals surface area contributed by atoms with Crippen molar-refractivity contribution in [2.75, 3.05) is 33.3 Å². The van der Waals surface area contributed by atoms with Crippen LogP contribution in [0, 0.1) is 0 Å². The first kappa shape index (κ1) is 25.9. The van der Waals surface area contributed by atoms with Crippen molar-refractivity contribution < 1.29 is 27.3 Å². The Balaban J connectivity index is 1.81. The first-order chi connectivity index (χ1) is 15.1. The largest absolute Gasteiger partial charge is 0.495 e. The predicted molar refractivity (Wildman–Crippen MR) is 131 cm³/mol. The molecule has 0 bridgehead atoms. The summed E-state index contributed by atoms with van der Waals surface area (Å²) in [5.41, 5.74) is -0.103. The third kappa shape index (κ3) is 5.35. The molecule has 0 radical (unpaired) electrons. The molecule has 0 aromatic heterocycles. The van der Waals surface area contributed by atoms with Crippen molar-refractivity contribution in [3.05, 3.63) is 18.2 Å². The van der Waals surface area contributed by atoms with E-state index in [0.29, 0.717) is 5.75 Å². The minimum atomic E-state index is -3.82. The molecule has 1 aromatic rings. The summed E-state index contributed by atoms with van der Waals surface area (Å²) in [6, 6.07) is 5.25. The van der Waals surface area contributed by atoms with E-state index in [1.807, 2.05) is 6.07 Å². The molecule has 0 unspecified atom stereocenters. The lowest BCUT2D eigenvalue weighted by Crippen LogP contribution is -2.51. The highest BCUT2D eigenvalue weighted by Crippen LogP contribution is 2.45. The smallest absolute Gasteiger partial charge is 0.410 e. The highest BCUT2D eigenvalue weighted by molar-refractivity contribution is 7.89. The summed E-state index contributed by atoms with van der Waals surface area (Å²) in [4.78, 5) is 14.0. The topological polar surface area (TPSA) is 85.4 Å². The van der Waals surface area contributed by atoms with Gasteiger partial charge in [-0.2, -0.15) is 4.31 Å². The predicted octanol–water partition coefficient (Wildman–Crippen LogP) is 2.08. The molecule has 8 nitrogen and oxygen atoms in total. The van der Waals surface area contributed by atoms with E-state index in [1.165, 1.54) is 11.4 Å². The minimum Gasteiger partial charge on any atom is -0.495 e. The van der Waals surface area contributed by atoms with Crippen LogP contribution in [-0.4, -0.2) is 82.2 Å². The lowest BCUT2D eigenvalue weighted by Gasteiger charge is -2.35. The maximum absolute atomic E-state index is 13.6. The van der Waals surface area contributed by atoms with Crippen LogP contribution in [0.2, 0.25) is 5.31 Å². The number of sulfonamides is 1. The van der Waals surface area contributed by atoms with E-state index in [0.717, 1.165) is 12.6 Å². The number of benzene rings is 1. The number of piperazine rings is 1. The number of carbonyl (C=O) groups excluding carboxylic acids is 1. The van der Waals surface area contributed by atoms with E-state index in [9.17, 15) is 13.2 Å². The van der Waals surface area contributed by atoms with Crippen molar-refractivity contribution in [1.29, 1.82) is 0 Å². The average Bonchev–Trinajstić information content (AvgIpc) is 2.93. The summed E-state index contributed by atoms with van der Waals surface area (Å²) >= 11 is 0. The minimum absolute atomic E-state index is 0.0470. The number of hydrogen-bond acceptors (Lipinski definition) is 6.